The highest BCUT2D eigenvalue weighted by atomic mass is 16.2. The number of amides is 3. The molecule has 3 amide bonds. The van der Waals surface area contributed by atoms with E-state index >= 15 is 0 Å². The smallest absolute Gasteiger partial charge is 0.246 e. The van der Waals surface area contributed by atoms with Crippen molar-refractivity contribution in [2.24, 2.45) is 5.73 Å². The fraction of sp³-hybridized carbons (Fsp3) is 0.750. The maximum Gasteiger partial charge on any atom is 0.246 e. The molecule has 102 valence electrons. The topological polar surface area (TPSA) is 92.5 Å². The second-order valence-electron chi connectivity index (χ2n) is 5.31. The molecule has 1 unspecified atom stereocenters. The van der Waals surface area contributed by atoms with E-state index in [2.05, 4.69) is 5.32 Å². The molecule has 6 heteroatoms. The van der Waals surface area contributed by atoms with E-state index in [9.17, 15) is 14.4 Å². The molecule has 1 rings (SSSR count). The van der Waals surface area contributed by atoms with E-state index in [0.717, 1.165) is 6.42 Å². The lowest BCUT2D eigenvalue weighted by Crippen LogP contribution is -2.51. The van der Waals surface area contributed by atoms with Gasteiger partial charge in [0.25, 0.3) is 0 Å². The van der Waals surface area contributed by atoms with Gasteiger partial charge in [-0.05, 0) is 20.3 Å². The minimum atomic E-state index is -0.589. The van der Waals surface area contributed by atoms with Crippen LogP contribution < -0.4 is 11.1 Å². The maximum atomic E-state index is 12.0. The van der Waals surface area contributed by atoms with Gasteiger partial charge in [-0.2, -0.15) is 0 Å². The zero-order valence-corrected chi connectivity index (χ0v) is 11.2. The lowest BCUT2D eigenvalue weighted by Gasteiger charge is -2.27. The Morgan fingerprint density at radius 1 is 1.50 bits per heavy atom. The molecule has 0 radical (unpaired) electrons. The summed E-state index contributed by atoms with van der Waals surface area (Å²) in [6.07, 6.45) is 1.02. The summed E-state index contributed by atoms with van der Waals surface area (Å²) in [7, 11) is 0. The molecule has 1 saturated heterocycles. The average molecular weight is 255 g/mol. The highest BCUT2D eigenvalue weighted by Crippen LogP contribution is 2.18. The summed E-state index contributed by atoms with van der Waals surface area (Å²) in [5.41, 5.74) is 4.56. The number of hydrogen-bond acceptors (Lipinski definition) is 4. The average Bonchev–Trinajstić information content (AvgIpc) is 2.43. The van der Waals surface area contributed by atoms with Gasteiger partial charge >= 0.3 is 0 Å². The molecule has 6 nitrogen and oxygen atoms in total. The number of hydrogen-bond donors (Lipinski definition) is 2. The van der Waals surface area contributed by atoms with Crippen LogP contribution in [0.2, 0.25) is 0 Å². The Kier molecular flexibility index (Phi) is 4.45. The van der Waals surface area contributed by atoms with Crippen LogP contribution in [-0.2, 0) is 14.4 Å². The van der Waals surface area contributed by atoms with Gasteiger partial charge in [0, 0.05) is 18.5 Å². The van der Waals surface area contributed by atoms with Gasteiger partial charge in [0.1, 0.15) is 0 Å². The molecule has 0 spiro atoms. The minimum Gasteiger partial charge on any atom is -0.370 e. The van der Waals surface area contributed by atoms with Gasteiger partial charge in [0.15, 0.2) is 0 Å². The Morgan fingerprint density at radius 2 is 2.11 bits per heavy atom. The second kappa shape index (κ2) is 5.48. The molecule has 0 aromatic rings. The zero-order valence-electron chi connectivity index (χ0n) is 11.2. The lowest BCUT2D eigenvalue weighted by atomic mass is 9.98. The molecule has 1 atom stereocenters. The number of primary amides is 1. The molecule has 0 saturated carbocycles. The summed E-state index contributed by atoms with van der Waals surface area (Å²) >= 11 is 0. The van der Waals surface area contributed by atoms with Crippen LogP contribution in [0.5, 0.6) is 0 Å². The van der Waals surface area contributed by atoms with E-state index in [0.29, 0.717) is 6.54 Å². The van der Waals surface area contributed by atoms with Crippen LogP contribution in [0.1, 0.15) is 40.0 Å². The van der Waals surface area contributed by atoms with Crippen molar-refractivity contribution in [3.8, 4) is 0 Å². The summed E-state index contributed by atoms with van der Waals surface area (Å²) in [5, 5.41) is 3.04. The van der Waals surface area contributed by atoms with Crippen molar-refractivity contribution in [2.75, 3.05) is 6.54 Å². The fourth-order valence-corrected chi connectivity index (χ4v) is 2.21. The van der Waals surface area contributed by atoms with Gasteiger partial charge in [-0.3, -0.25) is 24.6 Å². The molecule has 0 aromatic heterocycles. The molecule has 1 fully saturated rings. The van der Waals surface area contributed by atoms with Crippen LogP contribution >= 0.6 is 0 Å². The Hall–Kier alpha value is -1.43. The number of nitrogens with zero attached hydrogens (tertiary/aromatic N) is 1. The van der Waals surface area contributed by atoms with Crippen LogP contribution in [0.4, 0.5) is 0 Å². The predicted octanol–water partition coefficient (Wildman–Crippen LogP) is -0.232. The maximum absolute atomic E-state index is 12.0. The highest BCUT2D eigenvalue weighted by molar-refractivity contribution is 6.05. The van der Waals surface area contributed by atoms with Crippen LogP contribution in [0.25, 0.3) is 0 Å². The van der Waals surface area contributed by atoms with Gasteiger partial charge in [0.05, 0.1) is 12.5 Å². The SMILES string of the molecule is CCCN1C(=O)CC(NC(C)(C)CC(N)=O)C1=O. The van der Waals surface area contributed by atoms with E-state index in [1.54, 1.807) is 13.8 Å². The van der Waals surface area contributed by atoms with Gasteiger partial charge in [-0.1, -0.05) is 6.92 Å². The Labute approximate surface area is 107 Å². The van der Waals surface area contributed by atoms with Crippen LogP contribution in [0.15, 0.2) is 0 Å². The third-order valence-corrected chi connectivity index (χ3v) is 2.87. The number of carbonyl (C=O) groups is 3. The largest absolute Gasteiger partial charge is 0.370 e. The van der Waals surface area contributed by atoms with Crippen LogP contribution in [0.3, 0.4) is 0 Å². The van der Waals surface area contributed by atoms with Gasteiger partial charge < -0.3 is 5.73 Å². The first-order valence-electron chi connectivity index (χ1n) is 6.17. The molecule has 3 N–H and O–H groups in total. The molecule has 0 bridgehead atoms. The van der Waals surface area contributed by atoms with Crippen LogP contribution in [0, 0.1) is 0 Å². The van der Waals surface area contributed by atoms with Crippen molar-refractivity contribution < 1.29 is 14.4 Å². The molecule has 1 aliphatic heterocycles. The van der Waals surface area contributed by atoms with Crippen molar-refractivity contribution in [1.82, 2.24) is 10.2 Å². The number of imide groups is 1. The number of likely N-dealkylation sites (tertiary alicyclic amines) is 1. The third-order valence-electron chi connectivity index (χ3n) is 2.87. The van der Waals surface area contributed by atoms with E-state index in [4.69, 9.17) is 5.73 Å². The molecule has 18 heavy (non-hydrogen) atoms. The molecule has 0 aromatic carbocycles. The first-order valence-corrected chi connectivity index (χ1v) is 6.17. The first-order chi connectivity index (χ1) is 8.26. The normalized spacial score (nSPS) is 20.6. The number of nitrogens with one attached hydrogen (secondary N) is 1. The third kappa shape index (κ3) is 3.53. The highest BCUT2D eigenvalue weighted by Gasteiger charge is 2.40. The molecule has 1 heterocycles. The summed E-state index contributed by atoms with van der Waals surface area (Å²) in [6, 6.07) is -0.543. The van der Waals surface area contributed by atoms with Crippen molar-refractivity contribution >= 4 is 17.7 Å². The predicted molar refractivity (Wildman–Crippen MR) is 66.4 cm³/mol. The Balaban J connectivity index is 2.67. The van der Waals surface area contributed by atoms with Crippen LogP contribution in [-0.4, -0.2) is 40.7 Å². The number of nitrogens with two attached hydrogens (primary N) is 1. The van der Waals surface area contributed by atoms with Gasteiger partial charge in [0.2, 0.25) is 17.7 Å². The van der Waals surface area contributed by atoms with Crippen molar-refractivity contribution in [1.29, 1.82) is 0 Å². The van der Waals surface area contributed by atoms with E-state index in [1.807, 2.05) is 6.92 Å². The van der Waals surface area contributed by atoms with Gasteiger partial charge in [-0.25, -0.2) is 0 Å². The zero-order chi connectivity index (χ0) is 13.9. The monoisotopic (exact) mass is 255 g/mol. The number of rotatable bonds is 6. The Bertz CT molecular complexity index is 366. The van der Waals surface area contributed by atoms with E-state index in [-0.39, 0.29) is 24.7 Å². The van der Waals surface area contributed by atoms with Crippen molar-refractivity contribution in [3.05, 3.63) is 0 Å². The standard InChI is InChI=1S/C12H21N3O3/c1-4-5-15-10(17)6-8(11(15)18)14-12(2,3)7-9(13)16/h8,14H,4-7H2,1-3H3,(H2,13,16). The minimum absolute atomic E-state index is 0.124. The molecular weight excluding hydrogens is 234 g/mol. The van der Waals surface area contributed by atoms with Crippen molar-refractivity contribution in [3.63, 3.8) is 0 Å². The summed E-state index contributed by atoms with van der Waals surface area (Å²) in [5.74, 6) is -0.802. The Morgan fingerprint density at radius 3 is 2.61 bits per heavy atom. The molecule has 1 aliphatic rings. The first kappa shape index (κ1) is 14.6. The quantitative estimate of drug-likeness (QED) is 0.641. The number of carbonyl (C=O) groups excluding carboxylic acids is 3. The lowest BCUT2D eigenvalue weighted by molar-refractivity contribution is -0.139. The summed E-state index contributed by atoms with van der Waals surface area (Å²) in [6.45, 7) is 5.94. The van der Waals surface area contributed by atoms with Gasteiger partial charge in [-0.15, -0.1) is 0 Å². The van der Waals surface area contributed by atoms with E-state index in [1.165, 1.54) is 4.90 Å². The molecular formula is C12H21N3O3. The van der Waals surface area contributed by atoms with E-state index < -0.39 is 17.5 Å². The summed E-state index contributed by atoms with van der Waals surface area (Å²) < 4.78 is 0. The molecule has 0 aliphatic carbocycles. The fourth-order valence-electron chi connectivity index (χ4n) is 2.21. The van der Waals surface area contributed by atoms with Crippen molar-refractivity contribution in [2.45, 2.75) is 51.6 Å². The second-order valence-corrected chi connectivity index (χ2v) is 5.31. The summed E-state index contributed by atoms with van der Waals surface area (Å²) in [4.78, 5) is 35.9.